The second-order valence-corrected chi connectivity index (χ2v) is 6.47. The molecule has 3 aromatic rings. The van der Waals surface area contributed by atoms with E-state index in [2.05, 4.69) is 42.9 Å². The van der Waals surface area contributed by atoms with Gasteiger partial charge in [0.1, 0.15) is 5.82 Å². The van der Waals surface area contributed by atoms with Gasteiger partial charge in [0.05, 0.1) is 21.7 Å². The molecule has 114 valence electrons. The smallest absolute Gasteiger partial charge is 0.227 e. The van der Waals surface area contributed by atoms with Gasteiger partial charge in [0.2, 0.25) is 5.95 Å². The summed E-state index contributed by atoms with van der Waals surface area (Å²) in [6.45, 7) is 3.75. The first-order valence-electron chi connectivity index (χ1n) is 7.19. The molecule has 0 atom stereocenters. The van der Waals surface area contributed by atoms with Crippen LogP contribution in [0.4, 0.5) is 10.3 Å². The van der Waals surface area contributed by atoms with Gasteiger partial charge in [-0.2, -0.15) is 9.61 Å². The van der Waals surface area contributed by atoms with Crippen molar-refractivity contribution in [3.63, 3.8) is 0 Å². The van der Waals surface area contributed by atoms with Crippen LogP contribution in [0.15, 0.2) is 28.9 Å². The Labute approximate surface area is 135 Å². The Balaban J connectivity index is 1.93. The number of halogens is 2. The molecular formula is C15H15BrFN5. The van der Waals surface area contributed by atoms with Crippen molar-refractivity contribution in [1.82, 2.24) is 19.5 Å². The first kappa shape index (κ1) is 13.9. The Bertz CT molecular complexity index is 854. The minimum atomic E-state index is -0.298. The lowest BCUT2D eigenvalue weighted by molar-refractivity contribution is 0.310. The van der Waals surface area contributed by atoms with Gasteiger partial charge in [-0.1, -0.05) is 0 Å². The number of nitrogens with zero attached hydrogens (tertiary/aromatic N) is 5. The molecule has 3 heterocycles. The summed E-state index contributed by atoms with van der Waals surface area (Å²) < 4.78 is 16.2. The van der Waals surface area contributed by atoms with Gasteiger partial charge < -0.3 is 9.80 Å². The summed E-state index contributed by atoms with van der Waals surface area (Å²) in [5.74, 6) is 0.482. The van der Waals surface area contributed by atoms with Crippen LogP contribution in [-0.2, 0) is 0 Å². The van der Waals surface area contributed by atoms with E-state index in [1.54, 1.807) is 12.3 Å². The van der Waals surface area contributed by atoms with E-state index in [4.69, 9.17) is 0 Å². The highest BCUT2D eigenvalue weighted by Crippen LogP contribution is 2.28. The summed E-state index contributed by atoms with van der Waals surface area (Å²) in [5, 5.41) is 5.30. The lowest BCUT2D eigenvalue weighted by Gasteiger charge is -2.33. The average molecular weight is 364 g/mol. The Morgan fingerprint density at radius 2 is 1.95 bits per heavy atom. The fourth-order valence-electron chi connectivity index (χ4n) is 2.87. The maximum absolute atomic E-state index is 13.9. The van der Waals surface area contributed by atoms with Gasteiger partial charge in [-0.3, -0.25) is 0 Å². The van der Waals surface area contributed by atoms with Crippen LogP contribution in [0.3, 0.4) is 0 Å². The fraction of sp³-hybridized carbons (Fsp3) is 0.333. The number of aromatic nitrogens is 3. The predicted molar refractivity (Wildman–Crippen MR) is 87.9 cm³/mol. The number of piperazine rings is 1. The van der Waals surface area contributed by atoms with Gasteiger partial charge in [0, 0.05) is 37.6 Å². The molecule has 1 saturated heterocycles. The summed E-state index contributed by atoms with van der Waals surface area (Å²) in [7, 11) is 2.11. The lowest BCUT2D eigenvalue weighted by atomic mass is 10.2. The van der Waals surface area contributed by atoms with Crippen molar-refractivity contribution in [3.8, 4) is 0 Å². The highest BCUT2D eigenvalue weighted by Gasteiger charge is 2.20. The number of hydrogen-bond donors (Lipinski definition) is 0. The SMILES string of the molecule is CN1CCN(c2nc3cc(F)c(Br)cc3c3ccnn23)CC1. The molecular weight excluding hydrogens is 349 g/mol. The van der Waals surface area contributed by atoms with E-state index in [9.17, 15) is 4.39 Å². The van der Waals surface area contributed by atoms with Gasteiger partial charge in [-0.05, 0) is 35.1 Å². The van der Waals surface area contributed by atoms with E-state index in [1.807, 2.05) is 10.6 Å². The third-order valence-corrected chi connectivity index (χ3v) is 4.76. The van der Waals surface area contributed by atoms with Crippen molar-refractivity contribution in [1.29, 1.82) is 0 Å². The molecule has 1 aliphatic heterocycles. The molecule has 22 heavy (non-hydrogen) atoms. The van der Waals surface area contributed by atoms with Crippen LogP contribution in [0.2, 0.25) is 0 Å². The monoisotopic (exact) mass is 363 g/mol. The molecule has 5 nitrogen and oxygen atoms in total. The lowest BCUT2D eigenvalue weighted by Crippen LogP contribution is -2.45. The van der Waals surface area contributed by atoms with E-state index in [0.717, 1.165) is 43.0 Å². The Kier molecular flexibility index (Phi) is 3.27. The minimum Gasteiger partial charge on any atom is -0.338 e. The standard InChI is InChI=1S/C15H15BrFN5/c1-20-4-6-21(7-5-20)15-19-13-9-12(17)11(16)8-10(13)14-2-3-18-22(14)15/h2-3,8-9H,4-7H2,1H3. The molecule has 0 unspecified atom stereocenters. The quantitative estimate of drug-likeness (QED) is 0.665. The number of likely N-dealkylation sites (N-methyl/N-ethyl adjacent to an activating group) is 1. The summed E-state index contributed by atoms with van der Waals surface area (Å²) in [4.78, 5) is 9.17. The molecule has 0 aliphatic carbocycles. The molecule has 0 N–H and O–H groups in total. The zero-order chi connectivity index (χ0) is 15.3. The molecule has 1 fully saturated rings. The van der Waals surface area contributed by atoms with E-state index >= 15 is 0 Å². The topological polar surface area (TPSA) is 36.7 Å². The van der Waals surface area contributed by atoms with Crippen molar-refractivity contribution >= 4 is 38.3 Å². The highest BCUT2D eigenvalue weighted by molar-refractivity contribution is 9.10. The summed E-state index contributed by atoms with van der Waals surface area (Å²) in [5.41, 5.74) is 1.60. The fourth-order valence-corrected chi connectivity index (χ4v) is 3.21. The predicted octanol–water partition coefficient (Wildman–Crippen LogP) is 2.54. The molecule has 2 aromatic heterocycles. The van der Waals surface area contributed by atoms with Crippen LogP contribution in [0.25, 0.3) is 16.4 Å². The number of fused-ring (bicyclic) bond motifs is 3. The zero-order valence-corrected chi connectivity index (χ0v) is 13.7. The van der Waals surface area contributed by atoms with Crippen LogP contribution in [0, 0.1) is 5.82 Å². The Hall–Kier alpha value is -1.73. The molecule has 0 amide bonds. The Morgan fingerprint density at radius 1 is 1.18 bits per heavy atom. The van der Waals surface area contributed by atoms with Crippen LogP contribution in [0.5, 0.6) is 0 Å². The molecule has 1 aromatic carbocycles. The van der Waals surface area contributed by atoms with Crippen molar-refractivity contribution < 1.29 is 4.39 Å². The largest absolute Gasteiger partial charge is 0.338 e. The second kappa shape index (κ2) is 5.17. The normalized spacial score (nSPS) is 16.8. The minimum absolute atomic E-state index is 0.298. The van der Waals surface area contributed by atoms with Crippen molar-refractivity contribution in [2.24, 2.45) is 0 Å². The van der Waals surface area contributed by atoms with Crippen LogP contribution < -0.4 is 4.90 Å². The van der Waals surface area contributed by atoms with Crippen molar-refractivity contribution in [2.75, 3.05) is 38.1 Å². The van der Waals surface area contributed by atoms with Crippen molar-refractivity contribution in [3.05, 3.63) is 34.7 Å². The van der Waals surface area contributed by atoms with Crippen LogP contribution >= 0.6 is 15.9 Å². The molecule has 4 rings (SSSR count). The van der Waals surface area contributed by atoms with E-state index in [1.165, 1.54) is 6.07 Å². The van der Waals surface area contributed by atoms with Gasteiger partial charge in [-0.15, -0.1) is 0 Å². The third kappa shape index (κ3) is 2.16. The summed E-state index contributed by atoms with van der Waals surface area (Å²) >= 11 is 3.24. The van der Waals surface area contributed by atoms with Crippen molar-refractivity contribution in [2.45, 2.75) is 0 Å². The van der Waals surface area contributed by atoms with Gasteiger partial charge in [0.25, 0.3) is 0 Å². The zero-order valence-electron chi connectivity index (χ0n) is 12.1. The molecule has 7 heteroatoms. The number of hydrogen-bond acceptors (Lipinski definition) is 4. The highest BCUT2D eigenvalue weighted by atomic mass is 79.9. The maximum atomic E-state index is 13.9. The number of anilines is 1. The molecule has 0 saturated carbocycles. The van der Waals surface area contributed by atoms with Crippen LogP contribution in [-0.4, -0.2) is 52.7 Å². The van der Waals surface area contributed by atoms with E-state index in [-0.39, 0.29) is 5.82 Å². The summed E-state index contributed by atoms with van der Waals surface area (Å²) in [6.07, 6.45) is 1.76. The molecule has 1 aliphatic rings. The van der Waals surface area contributed by atoms with Crippen LogP contribution in [0.1, 0.15) is 0 Å². The number of benzene rings is 1. The summed E-state index contributed by atoms with van der Waals surface area (Å²) in [6, 6.07) is 5.18. The van der Waals surface area contributed by atoms with Gasteiger partial charge >= 0.3 is 0 Å². The van der Waals surface area contributed by atoms with Gasteiger partial charge in [-0.25, -0.2) is 9.37 Å². The number of rotatable bonds is 1. The van der Waals surface area contributed by atoms with E-state index < -0.39 is 0 Å². The molecule has 0 radical (unpaired) electrons. The first-order chi connectivity index (χ1) is 10.6. The Morgan fingerprint density at radius 3 is 2.73 bits per heavy atom. The van der Waals surface area contributed by atoms with Gasteiger partial charge in [0.15, 0.2) is 0 Å². The van der Waals surface area contributed by atoms with E-state index in [0.29, 0.717) is 9.99 Å². The second-order valence-electron chi connectivity index (χ2n) is 5.61. The maximum Gasteiger partial charge on any atom is 0.227 e. The molecule has 0 spiro atoms. The first-order valence-corrected chi connectivity index (χ1v) is 7.99. The third-order valence-electron chi connectivity index (χ3n) is 4.15. The average Bonchev–Trinajstić information content (AvgIpc) is 2.99. The molecule has 0 bridgehead atoms.